The summed E-state index contributed by atoms with van der Waals surface area (Å²) in [6, 6.07) is 12.3. The number of nitrogens with zero attached hydrogens (tertiary/aromatic N) is 3. The fourth-order valence-electron chi connectivity index (χ4n) is 5.72. The first-order chi connectivity index (χ1) is 17.8. The number of likely N-dealkylation sites (tertiary alicyclic amines) is 1. The molecular formula is C29H33F2N3O3. The number of amides is 2. The predicted octanol–water partition coefficient (Wildman–Crippen LogP) is 5.03. The zero-order valence-electron chi connectivity index (χ0n) is 21.0. The second kappa shape index (κ2) is 10.6. The molecule has 37 heavy (non-hydrogen) atoms. The summed E-state index contributed by atoms with van der Waals surface area (Å²) in [6.45, 7) is 1.95. The number of benzene rings is 2. The van der Waals surface area contributed by atoms with Crippen LogP contribution in [0.15, 0.2) is 54.6 Å². The Morgan fingerprint density at radius 1 is 1.05 bits per heavy atom. The lowest BCUT2D eigenvalue weighted by atomic mass is 9.96. The first kappa shape index (κ1) is 25.4. The molecule has 6 nitrogen and oxygen atoms in total. The molecule has 2 amide bonds. The number of halogens is 2. The Labute approximate surface area is 216 Å². The smallest absolute Gasteiger partial charge is 0.407 e. The lowest BCUT2D eigenvalue weighted by molar-refractivity contribution is -0.137. The number of carbonyl (C=O) groups is 2. The molecule has 0 bridgehead atoms. The van der Waals surface area contributed by atoms with Crippen molar-refractivity contribution in [3.8, 4) is 0 Å². The van der Waals surface area contributed by atoms with E-state index in [-0.39, 0.29) is 36.5 Å². The molecule has 2 aromatic carbocycles. The van der Waals surface area contributed by atoms with E-state index < -0.39 is 29.7 Å². The molecule has 2 atom stereocenters. The molecule has 0 spiro atoms. The van der Waals surface area contributed by atoms with E-state index in [4.69, 9.17) is 0 Å². The summed E-state index contributed by atoms with van der Waals surface area (Å²) in [6.07, 6.45) is 4.11. The van der Waals surface area contributed by atoms with Gasteiger partial charge in [-0.2, -0.15) is 0 Å². The fourth-order valence-corrected chi connectivity index (χ4v) is 5.72. The first-order valence-electron chi connectivity index (χ1n) is 13.0. The number of hydrogen-bond donors (Lipinski definition) is 1. The molecule has 0 unspecified atom stereocenters. The molecule has 2 heterocycles. The largest absolute Gasteiger partial charge is 0.465 e. The van der Waals surface area contributed by atoms with Gasteiger partial charge >= 0.3 is 6.09 Å². The summed E-state index contributed by atoms with van der Waals surface area (Å²) in [5.41, 5.74) is 1.58. The van der Waals surface area contributed by atoms with Crippen molar-refractivity contribution >= 4 is 17.6 Å². The van der Waals surface area contributed by atoms with E-state index in [1.807, 2.05) is 43.5 Å². The van der Waals surface area contributed by atoms with Gasteiger partial charge in [0, 0.05) is 24.7 Å². The molecule has 2 fully saturated rings. The zero-order chi connectivity index (χ0) is 26.1. The number of hydrogen-bond acceptors (Lipinski definition) is 3. The van der Waals surface area contributed by atoms with Crippen LogP contribution in [-0.2, 0) is 4.79 Å². The number of carbonyl (C=O) groups excluding carboxylic acids is 1. The van der Waals surface area contributed by atoms with Crippen molar-refractivity contribution < 1.29 is 23.5 Å². The van der Waals surface area contributed by atoms with Crippen molar-refractivity contribution in [3.05, 3.63) is 77.4 Å². The van der Waals surface area contributed by atoms with Gasteiger partial charge in [-0.25, -0.2) is 13.6 Å². The van der Waals surface area contributed by atoms with E-state index in [0.717, 1.165) is 56.5 Å². The normalized spacial score (nSPS) is 21.5. The maximum Gasteiger partial charge on any atom is 0.407 e. The topological polar surface area (TPSA) is 64.1 Å². The van der Waals surface area contributed by atoms with Crippen molar-refractivity contribution in [1.82, 2.24) is 14.7 Å². The summed E-state index contributed by atoms with van der Waals surface area (Å²) in [4.78, 5) is 31.8. The third-order valence-corrected chi connectivity index (χ3v) is 8.01. The lowest BCUT2D eigenvalue weighted by Gasteiger charge is -2.38. The fraction of sp³-hybridized carbons (Fsp3) is 0.448. The Kier molecular flexibility index (Phi) is 7.29. The molecular weight excluding hydrogens is 476 g/mol. The van der Waals surface area contributed by atoms with Crippen molar-refractivity contribution in [3.63, 3.8) is 0 Å². The van der Waals surface area contributed by atoms with Crippen molar-refractivity contribution in [2.45, 2.75) is 37.8 Å². The highest BCUT2D eigenvalue weighted by molar-refractivity contribution is 5.86. The second-order valence-corrected chi connectivity index (χ2v) is 10.6. The maximum atomic E-state index is 14.7. The summed E-state index contributed by atoms with van der Waals surface area (Å²) >= 11 is 0. The highest BCUT2D eigenvalue weighted by atomic mass is 19.1. The number of rotatable bonds is 7. The van der Waals surface area contributed by atoms with Crippen LogP contribution in [-0.4, -0.2) is 71.1 Å². The molecule has 8 heteroatoms. The molecule has 5 rings (SSSR count). The maximum absolute atomic E-state index is 14.7. The zero-order valence-corrected chi connectivity index (χ0v) is 21.0. The molecule has 0 aromatic heterocycles. The molecule has 1 N–H and O–H groups in total. The third-order valence-electron chi connectivity index (χ3n) is 8.01. The van der Waals surface area contributed by atoms with Gasteiger partial charge in [0.2, 0.25) is 5.91 Å². The van der Waals surface area contributed by atoms with Gasteiger partial charge in [-0.3, -0.25) is 4.79 Å². The van der Waals surface area contributed by atoms with Gasteiger partial charge in [-0.1, -0.05) is 36.4 Å². The Bertz CT molecular complexity index is 1180. The Balaban J connectivity index is 1.43. The molecule has 0 radical (unpaired) electrons. The van der Waals surface area contributed by atoms with Gasteiger partial charge in [0.25, 0.3) is 0 Å². The van der Waals surface area contributed by atoms with Gasteiger partial charge in [0.1, 0.15) is 11.6 Å². The highest BCUT2D eigenvalue weighted by Gasteiger charge is 2.44. The monoisotopic (exact) mass is 509 g/mol. The minimum Gasteiger partial charge on any atom is -0.465 e. The van der Waals surface area contributed by atoms with Crippen molar-refractivity contribution in [2.75, 3.05) is 33.2 Å². The Morgan fingerprint density at radius 3 is 2.41 bits per heavy atom. The van der Waals surface area contributed by atoms with Gasteiger partial charge in [-0.05, 0) is 81.1 Å². The first-order valence-corrected chi connectivity index (χ1v) is 13.0. The Morgan fingerprint density at radius 2 is 1.76 bits per heavy atom. The van der Waals surface area contributed by atoms with Crippen LogP contribution >= 0.6 is 0 Å². The van der Waals surface area contributed by atoms with Crippen LogP contribution in [0.4, 0.5) is 13.6 Å². The minimum absolute atomic E-state index is 0.110. The van der Waals surface area contributed by atoms with E-state index in [1.54, 1.807) is 4.90 Å². The number of carboxylic acid groups (broad SMARTS) is 1. The van der Waals surface area contributed by atoms with Crippen LogP contribution in [0, 0.1) is 23.5 Å². The highest BCUT2D eigenvalue weighted by Crippen LogP contribution is 2.42. The van der Waals surface area contributed by atoms with Gasteiger partial charge in [-0.15, -0.1) is 0 Å². The lowest BCUT2D eigenvalue weighted by Crippen LogP contribution is -2.50. The summed E-state index contributed by atoms with van der Waals surface area (Å²) in [7, 11) is 2.03. The van der Waals surface area contributed by atoms with Crippen LogP contribution in [0.3, 0.4) is 0 Å². The van der Waals surface area contributed by atoms with Crippen LogP contribution in [0.25, 0.3) is 5.57 Å². The van der Waals surface area contributed by atoms with E-state index in [2.05, 4.69) is 4.90 Å². The predicted molar refractivity (Wildman–Crippen MR) is 137 cm³/mol. The van der Waals surface area contributed by atoms with Crippen LogP contribution in [0.2, 0.25) is 0 Å². The van der Waals surface area contributed by atoms with E-state index in [9.17, 15) is 23.5 Å². The average Bonchev–Trinajstić information content (AvgIpc) is 3.64. The van der Waals surface area contributed by atoms with E-state index >= 15 is 0 Å². The molecule has 3 aliphatic rings. The molecule has 1 aliphatic carbocycles. The molecule has 1 saturated carbocycles. The third kappa shape index (κ3) is 5.54. The van der Waals surface area contributed by atoms with Gasteiger partial charge < -0.3 is 19.8 Å². The Hall–Kier alpha value is -3.26. The quantitative estimate of drug-likeness (QED) is 0.569. The second-order valence-electron chi connectivity index (χ2n) is 10.6. The van der Waals surface area contributed by atoms with Crippen LogP contribution < -0.4 is 0 Å². The SMILES string of the molecule is CN1CCC(N(C[C@@H](C(=O)N2CC(c3cc(F)ccc3F)=C[C@H]2c2ccccc2)C2CC2)C(=O)O)CC1. The summed E-state index contributed by atoms with van der Waals surface area (Å²) in [5, 5.41) is 10.1. The number of piperidine rings is 1. The molecule has 2 aliphatic heterocycles. The standard InChI is InChI=1S/C29H33F2N3O3/c1-32-13-11-23(12-14-32)33(29(36)37)18-25(19-7-8-19)28(35)34-17-21(24-16-22(30)9-10-26(24)31)15-27(34)20-5-3-2-4-6-20/h2-6,9-10,15-16,19,23,25,27H,7-8,11-14,17-18H2,1H3,(H,36,37)/t25-,27+/m1/s1. The van der Waals surface area contributed by atoms with Gasteiger partial charge in [0.15, 0.2) is 0 Å². The van der Waals surface area contributed by atoms with Gasteiger partial charge in [0.05, 0.1) is 12.0 Å². The minimum atomic E-state index is -0.991. The summed E-state index contributed by atoms with van der Waals surface area (Å²) in [5.74, 6) is -1.53. The summed E-state index contributed by atoms with van der Waals surface area (Å²) < 4.78 is 28.7. The van der Waals surface area contributed by atoms with Crippen molar-refractivity contribution in [2.24, 2.45) is 11.8 Å². The van der Waals surface area contributed by atoms with Crippen molar-refractivity contribution in [1.29, 1.82) is 0 Å². The van der Waals surface area contributed by atoms with Crippen LogP contribution in [0.5, 0.6) is 0 Å². The molecule has 2 aromatic rings. The van der Waals surface area contributed by atoms with E-state index in [0.29, 0.717) is 5.57 Å². The molecule has 196 valence electrons. The van der Waals surface area contributed by atoms with E-state index in [1.165, 1.54) is 11.0 Å². The molecule has 1 saturated heterocycles. The average molecular weight is 510 g/mol. The van der Waals surface area contributed by atoms with Crippen LogP contribution in [0.1, 0.15) is 42.9 Å².